The van der Waals surface area contributed by atoms with Gasteiger partial charge >= 0.3 is 6.03 Å². The van der Waals surface area contributed by atoms with E-state index in [9.17, 15) is 4.79 Å². The third-order valence-electron chi connectivity index (χ3n) is 4.48. The third kappa shape index (κ3) is 3.34. The van der Waals surface area contributed by atoms with Crippen LogP contribution in [-0.4, -0.2) is 45.2 Å². The van der Waals surface area contributed by atoms with Gasteiger partial charge < -0.3 is 15.1 Å². The van der Waals surface area contributed by atoms with Crippen molar-refractivity contribution in [3.05, 3.63) is 48.8 Å². The van der Waals surface area contributed by atoms with Crippen LogP contribution in [0.1, 0.15) is 24.6 Å². The van der Waals surface area contributed by atoms with Crippen LogP contribution in [0.3, 0.4) is 0 Å². The lowest BCUT2D eigenvalue weighted by Gasteiger charge is -2.26. The predicted molar refractivity (Wildman–Crippen MR) is 92.3 cm³/mol. The molecule has 25 heavy (non-hydrogen) atoms. The van der Waals surface area contributed by atoms with Gasteiger partial charge in [0.2, 0.25) is 0 Å². The molecule has 0 radical (unpaired) electrons. The van der Waals surface area contributed by atoms with Crippen molar-refractivity contribution in [2.45, 2.75) is 18.9 Å². The zero-order valence-electron chi connectivity index (χ0n) is 13.8. The SMILES string of the molecule is O=C(NCC(c1ccco1)N1CCCC1)Nc1cccn2cnnc12. The van der Waals surface area contributed by atoms with Crippen LogP contribution in [0.4, 0.5) is 10.5 Å². The average molecular weight is 340 g/mol. The number of hydrogen-bond acceptors (Lipinski definition) is 5. The van der Waals surface area contributed by atoms with Gasteiger partial charge in [-0.15, -0.1) is 10.2 Å². The summed E-state index contributed by atoms with van der Waals surface area (Å²) in [7, 11) is 0. The smallest absolute Gasteiger partial charge is 0.319 e. The fraction of sp³-hybridized carbons (Fsp3) is 0.353. The highest BCUT2D eigenvalue weighted by atomic mass is 16.3. The van der Waals surface area contributed by atoms with E-state index in [2.05, 4.69) is 25.7 Å². The highest BCUT2D eigenvalue weighted by molar-refractivity contribution is 5.92. The van der Waals surface area contributed by atoms with Crippen LogP contribution < -0.4 is 10.6 Å². The first-order valence-electron chi connectivity index (χ1n) is 8.42. The number of likely N-dealkylation sites (tertiary alicyclic amines) is 1. The number of anilines is 1. The van der Waals surface area contributed by atoms with E-state index in [0.717, 1.165) is 18.8 Å². The lowest BCUT2D eigenvalue weighted by atomic mass is 10.2. The number of fused-ring (bicyclic) bond motifs is 1. The third-order valence-corrected chi connectivity index (χ3v) is 4.48. The van der Waals surface area contributed by atoms with E-state index >= 15 is 0 Å². The molecular weight excluding hydrogens is 320 g/mol. The molecule has 2 N–H and O–H groups in total. The normalized spacial score (nSPS) is 16.2. The summed E-state index contributed by atoms with van der Waals surface area (Å²) in [5, 5.41) is 13.7. The zero-order chi connectivity index (χ0) is 17.1. The van der Waals surface area contributed by atoms with E-state index < -0.39 is 0 Å². The van der Waals surface area contributed by atoms with Gasteiger partial charge in [0.05, 0.1) is 18.0 Å². The second-order valence-corrected chi connectivity index (χ2v) is 6.09. The van der Waals surface area contributed by atoms with Gasteiger partial charge in [-0.25, -0.2) is 4.79 Å². The van der Waals surface area contributed by atoms with E-state index in [1.54, 1.807) is 23.1 Å². The molecule has 1 unspecified atom stereocenters. The van der Waals surface area contributed by atoms with Gasteiger partial charge in [0.1, 0.15) is 12.1 Å². The van der Waals surface area contributed by atoms with Gasteiger partial charge in [-0.05, 0) is 50.2 Å². The first-order valence-corrected chi connectivity index (χ1v) is 8.42. The Morgan fingerprint density at radius 2 is 2.16 bits per heavy atom. The number of hydrogen-bond donors (Lipinski definition) is 2. The maximum absolute atomic E-state index is 12.3. The maximum atomic E-state index is 12.3. The molecular formula is C17H20N6O2. The molecule has 1 fully saturated rings. The van der Waals surface area contributed by atoms with Gasteiger partial charge in [0.15, 0.2) is 5.65 Å². The molecule has 1 aliphatic rings. The van der Waals surface area contributed by atoms with E-state index in [1.165, 1.54) is 12.8 Å². The quantitative estimate of drug-likeness (QED) is 0.744. The van der Waals surface area contributed by atoms with E-state index in [0.29, 0.717) is 17.9 Å². The molecule has 1 aliphatic heterocycles. The standard InChI is InChI=1S/C17H20N6O2/c24-17(20-13-5-3-9-23-12-19-21-16(13)23)18-11-14(15-6-4-10-25-15)22-7-1-2-8-22/h3-6,9-10,12,14H,1-2,7-8,11H2,(H2,18,20,24). The fourth-order valence-corrected chi connectivity index (χ4v) is 3.25. The summed E-state index contributed by atoms with van der Waals surface area (Å²) in [5.41, 5.74) is 1.23. The Kier molecular flexibility index (Phi) is 4.34. The first-order chi connectivity index (χ1) is 12.3. The second-order valence-electron chi connectivity index (χ2n) is 6.09. The molecule has 1 atom stereocenters. The van der Waals surface area contributed by atoms with Crippen molar-refractivity contribution in [2.24, 2.45) is 0 Å². The lowest BCUT2D eigenvalue weighted by Crippen LogP contribution is -2.38. The van der Waals surface area contributed by atoms with Gasteiger partial charge in [0, 0.05) is 12.7 Å². The number of furan rings is 1. The van der Waals surface area contributed by atoms with Crippen molar-refractivity contribution >= 4 is 17.4 Å². The monoisotopic (exact) mass is 340 g/mol. The number of rotatable bonds is 5. The molecule has 130 valence electrons. The van der Waals surface area contributed by atoms with Crippen molar-refractivity contribution in [3.63, 3.8) is 0 Å². The molecule has 0 saturated carbocycles. The number of nitrogens with one attached hydrogen (secondary N) is 2. The summed E-state index contributed by atoms with van der Waals surface area (Å²) in [6.07, 6.45) is 7.46. The molecule has 0 aromatic carbocycles. The molecule has 8 heteroatoms. The number of aromatic nitrogens is 3. The van der Waals surface area contributed by atoms with E-state index in [1.807, 2.05) is 24.4 Å². The summed E-state index contributed by atoms with van der Waals surface area (Å²) in [5.74, 6) is 0.877. The van der Waals surface area contributed by atoms with Crippen molar-refractivity contribution < 1.29 is 9.21 Å². The Labute approximate surface area is 144 Å². The van der Waals surface area contributed by atoms with Crippen LogP contribution in [0, 0.1) is 0 Å². The van der Waals surface area contributed by atoms with Crippen molar-refractivity contribution in [1.29, 1.82) is 0 Å². The maximum Gasteiger partial charge on any atom is 0.319 e. The summed E-state index contributed by atoms with van der Waals surface area (Å²) < 4.78 is 7.33. The molecule has 3 aromatic rings. The number of nitrogens with zero attached hydrogens (tertiary/aromatic N) is 4. The molecule has 1 saturated heterocycles. The van der Waals surface area contributed by atoms with Crippen LogP contribution in [-0.2, 0) is 0 Å². The number of carbonyl (C=O) groups is 1. The summed E-state index contributed by atoms with van der Waals surface area (Å²) in [6.45, 7) is 2.52. The zero-order valence-corrected chi connectivity index (χ0v) is 13.8. The minimum Gasteiger partial charge on any atom is -0.468 e. The Balaban J connectivity index is 1.42. The topological polar surface area (TPSA) is 87.7 Å². The number of pyridine rings is 1. The molecule has 4 rings (SSSR count). The van der Waals surface area contributed by atoms with Gasteiger partial charge in [0.25, 0.3) is 0 Å². The minimum absolute atomic E-state index is 0.0483. The Bertz CT molecular complexity index is 838. The van der Waals surface area contributed by atoms with Crippen LogP contribution in [0.5, 0.6) is 0 Å². The minimum atomic E-state index is -0.271. The van der Waals surface area contributed by atoms with Crippen LogP contribution >= 0.6 is 0 Å². The van der Waals surface area contributed by atoms with Crippen LogP contribution in [0.15, 0.2) is 47.5 Å². The van der Waals surface area contributed by atoms with Gasteiger partial charge in [-0.3, -0.25) is 9.30 Å². The van der Waals surface area contributed by atoms with Crippen LogP contribution in [0.2, 0.25) is 0 Å². The summed E-state index contributed by atoms with van der Waals surface area (Å²) in [6, 6.07) is 7.25. The van der Waals surface area contributed by atoms with Crippen molar-refractivity contribution in [1.82, 2.24) is 24.8 Å². The highest BCUT2D eigenvalue weighted by Gasteiger charge is 2.26. The number of amides is 2. The molecule has 8 nitrogen and oxygen atoms in total. The Morgan fingerprint density at radius 3 is 2.96 bits per heavy atom. The first kappa shape index (κ1) is 15.6. The number of urea groups is 1. The van der Waals surface area contributed by atoms with E-state index in [-0.39, 0.29) is 12.1 Å². The number of carbonyl (C=O) groups excluding carboxylic acids is 1. The lowest BCUT2D eigenvalue weighted by molar-refractivity contribution is 0.207. The average Bonchev–Trinajstić information content (AvgIpc) is 3.38. The highest BCUT2D eigenvalue weighted by Crippen LogP contribution is 2.25. The van der Waals surface area contributed by atoms with Crippen molar-refractivity contribution in [3.8, 4) is 0 Å². The second kappa shape index (κ2) is 6.94. The summed E-state index contributed by atoms with van der Waals surface area (Å²) >= 11 is 0. The van der Waals surface area contributed by atoms with Crippen LogP contribution in [0.25, 0.3) is 5.65 Å². The molecule has 3 aromatic heterocycles. The molecule has 2 amide bonds. The summed E-state index contributed by atoms with van der Waals surface area (Å²) in [4.78, 5) is 14.7. The fourth-order valence-electron chi connectivity index (χ4n) is 3.25. The van der Waals surface area contributed by atoms with E-state index in [4.69, 9.17) is 4.42 Å². The Morgan fingerprint density at radius 1 is 1.28 bits per heavy atom. The van der Waals surface area contributed by atoms with Gasteiger partial charge in [-0.2, -0.15) is 0 Å². The predicted octanol–water partition coefficient (Wildman–Crippen LogP) is 2.28. The van der Waals surface area contributed by atoms with Crippen molar-refractivity contribution in [2.75, 3.05) is 25.0 Å². The largest absolute Gasteiger partial charge is 0.468 e. The van der Waals surface area contributed by atoms with Gasteiger partial charge in [-0.1, -0.05) is 0 Å². The Hall–Kier alpha value is -2.87. The molecule has 0 spiro atoms. The molecule has 0 bridgehead atoms. The molecule has 0 aliphatic carbocycles. The molecule has 4 heterocycles.